The van der Waals surface area contributed by atoms with Crippen LogP contribution >= 0.6 is 11.3 Å². The first-order chi connectivity index (χ1) is 13.2. The summed E-state index contributed by atoms with van der Waals surface area (Å²) in [7, 11) is 0. The van der Waals surface area contributed by atoms with E-state index >= 15 is 0 Å². The lowest BCUT2D eigenvalue weighted by molar-refractivity contribution is -0.138. The highest BCUT2D eigenvalue weighted by atomic mass is 32.1. The molecule has 1 N–H and O–H groups in total. The van der Waals surface area contributed by atoms with Crippen molar-refractivity contribution < 1.29 is 23.1 Å². The van der Waals surface area contributed by atoms with E-state index in [-0.39, 0.29) is 12.1 Å². The van der Waals surface area contributed by atoms with Crippen LogP contribution in [0, 0.1) is 13.8 Å². The number of nitrogens with zero attached hydrogens (tertiary/aromatic N) is 2. The number of thiazole rings is 1. The van der Waals surface area contributed by atoms with Crippen molar-refractivity contribution in [3.63, 3.8) is 0 Å². The van der Waals surface area contributed by atoms with Crippen molar-refractivity contribution in [1.29, 1.82) is 0 Å². The number of alkyl halides is 3. The summed E-state index contributed by atoms with van der Waals surface area (Å²) in [5, 5.41) is 10.7. The number of aromatic nitrogens is 2. The standard InChI is InChI=1S/C20H15F3N2O2S/c1-10-4-3-5-14-17(10)18(11(2)25(14)9-16(26)27)19-24-13-8-12(20(21,22)23)6-7-15(13)28-19/h3-8H,9H2,1-2H3,(H,26,27). The van der Waals surface area contributed by atoms with Crippen LogP contribution in [-0.4, -0.2) is 20.6 Å². The van der Waals surface area contributed by atoms with Gasteiger partial charge < -0.3 is 9.67 Å². The highest BCUT2D eigenvalue weighted by molar-refractivity contribution is 7.21. The Balaban J connectivity index is 1.99. The van der Waals surface area contributed by atoms with Gasteiger partial charge in [-0.05, 0) is 43.7 Å². The van der Waals surface area contributed by atoms with Gasteiger partial charge in [0, 0.05) is 22.2 Å². The maximum Gasteiger partial charge on any atom is 0.416 e. The monoisotopic (exact) mass is 404 g/mol. The Kier molecular flexibility index (Phi) is 4.19. The van der Waals surface area contributed by atoms with E-state index in [4.69, 9.17) is 0 Å². The van der Waals surface area contributed by atoms with Gasteiger partial charge in [0.05, 0.1) is 15.8 Å². The van der Waals surface area contributed by atoms with Crippen LogP contribution in [0.3, 0.4) is 0 Å². The van der Waals surface area contributed by atoms with Gasteiger partial charge in [-0.3, -0.25) is 4.79 Å². The zero-order valence-electron chi connectivity index (χ0n) is 15.0. The summed E-state index contributed by atoms with van der Waals surface area (Å²) in [6, 6.07) is 9.15. The third-order valence-corrected chi connectivity index (χ3v) is 5.83. The van der Waals surface area contributed by atoms with Crippen molar-refractivity contribution >= 4 is 38.4 Å². The normalized spacial score (nSPS) is 12.2. The molecule has 0 bridgehead atoms. The number of aliphatic carboxylic acids is 1. The van der Waals surface area contributed by atoms with Crippen LogP contribution in [-0.2, 0) is 17.5 Å². The zero-order chi connectivity index (χ0) is 20.2. The molecule has 2 aromatic heterocycles. The average Bonchev–Trinajstić information content (AvgIpc) is 3.13. The first kappa shape index (κ1) is 18.5. The molecule has 0 fully saturated rings. The van der Waals surface area contributed by atoms with Gasteiger partial charge >= 0.3 is 12.1 Å². The summed E-state index contributed by atoms with van der Waals surface area (Å²) in [5.74, 6) is -0.966. The lowest BCUT2D eigenvalue weighted by atomic mass is 10.1. The van der Waals surface area contributed by atoms with E-state index in [1.54, 1.807) is 4.57 Å². The van der Waals surface area contributed by atoms with E-state index in [1.165, 1.54) is 17.4 Å². The van der Waals surface area contributed by atoms with Crippen LogP contribution in [0.5, 0.6) is 0 Å². The first-order valence-electron chi connectivity index (χ1n) is 8.45. The maximum absolute atomic E-state index is 13.0. The minimum Gasteiger partial charge on any atom is -0.480 e. The lowest BCUT2D eigenvalue weighted by Gasteiger charge is -2.04. The number of aryl methyl sites for hydroxylation is 1. The third kappa shape index (κ3) is 2.93. The maximum atomic E-state index is 13.0. The topological polar surface area (TPSA) is 55.1 Å². The molecule has 2 heterocycles. The predicted octanol–water partition coefficient (Wildman–Crippen LogP) is 5.64. The number of rotatable bonds is 3. The van der Waals surface area contributed by atoms with E-state index in [0.29, 0.717) is 9.71 Å². The molecule has 4 rings (SSSR count). The van der Waals surface area contributed by atoms with Crippen molar-refractivity contribution in [3.8, 4) is 10.6 Å². The quantitative estimate of drug-likeness (QED) is 0.481. The number of hydrogen-bond acceptors (Lipinski definition) is 3. The van der Waals surface area contributed by atoms with Crippen molar-refractivity contribution in [3.05, 3.63) is 53.2 Å². The molecule has 0 aliphatic rings. The van der Waals surface area contributed by atoms with E-state index < -0.39 is 17.7 Å². The molecule has 0 unspecified atom stereocenters. The minimum atomic E-state index is -4.43. The van der Waals surface area contributed by atoms with Gasteiger partial charge in [0.1, 0.15) is 11.6 Å². The number of fused-ring (bicyclic) bond motifs is 2. The van der Waals surface area contributed by atoms with Crippen LogP contribution in [0.2, 0.25) is 0 Å². The Morgan fingerprint density at radius 2 is 1.96 bits per heavy atom. The molecule has 4 aromatic rings. The van der Waals surface area contributed by atoms with Crippen LogP contribution in [0.15, 0.2) is 36.4 Å². The highest BCUT2D eigenvalue weighted by Crippen LogP contribution is 2.41. The summed E-state index contributed by atoms with van der Waals surface area (Å²) < 4.78 is 41.4. The van der Waals surface area contributed by atoms with Gasteiger partial charge in [0.15, 0.2) is 0 Å². The molecular formula is C20H15F3N2O2S. The molecule has 28 heavy (non-hydrogen) atoms. The molecule has 4 nitrogen and oxygen atoms in total. The van der Waals surface area contributed by atoms with E-state index in [2.05, 4.69) is 4.98 Å². The minimum absolute atomic E-state index is 0.200. The number of benzene rings is 2. The fraction of sp³-hybridized carbons (Fsp3) is 0.200. The van der Waals surface area contributed by atoms with Crippen molar-refractivity contribution in [2.75, 3.05) is 0 Å². The zero-order valence-corrected chi connectivity index (χ0v) is 15.8. The highest BCUT2D eigenvalue weighted by Gasteiger charge is 2.31. The van der Waals surface area contributed by atoms with Crippen LogP contribution in [0.1, 0.15) is 16.8 Å². The number of carboxylic acid groups (broad SMARTS) is 1. The molecule has 0 radical (unpaired) electrons. The molecule has 144 valence electrons. The Morgan fingerprint density at radius 3 is 2.64 bits per heavy atom. The first-order valence-corrected chi connectivity index (χ1v) is 9.27. The molecule has 0 saturated carbocycles. The molecule has 0 spiro atoms. The van der Waals surface area contributed by atoms with Crippen LogP contribution in [0.4, 0.5) is 13.2 Å². The van der Waals surface area contributed by atoms with Gasteiger partial charge in [-0.2, -0.15) is 13.2 Å². The number of halogens is 3. The molecule has 0 aliphatic heterocycles. The second-order valence-electron chi connectivity index (χ2n) is 6.61. The summed E-state index contributed by atoms with van der Waals surface area (Å²) >= 11 is 1.30. The molecule has 0 amide bonds. The van der Waals surface area contributed by atoms with Crippen LogP contribution < -0.4 is 0 Å². The number of carboxylic acids is 1. The molecule has 2 aromatic carbocycles. The number of hydrogen-bond donors (Lipinski definition) is 1. The van der Waals surface area contributed by atoms with Gasteiger partial charge in [-0.1, -0.05) is 12.1 Å². The summed E-state index contributed by atoms with van der Waals surface area (Å²) in [4.78, 5) is 15.8. The SMILES string of the molecule is Cc1cccc2c1c(-c1nc3cc(C(F)(F)F)ccc3s1)c(C)n2CC(=O)O. The second kappa shape index (κ2) is 6.34. The van der Waals surface area contributed by atoms with Gasteiger partial charge in [0.2, 0.25) is 0 Å². The summed E-state index contributed by atoms with van der Waals surface area (Å²) in [5.41, 5.74) is 2.76. The van der Waals surface area contributed by atoms with Gasteiger partial charge in [0.25, 0.3) is 0 Å². The van der Waals surface area contributed by atoms with E-state index in [1.807, 2.05) is 32.0 Å². The Morgan fingerprint density at radius 1 is 1.21 bits per heavy atom. The van der Waals surface area contributed by atoms with Crippen molar-refractivity contribution in [1.82, 2.24) is 9.55 Å². The Labute approximate surface area is 161 Å². The lowest BCUT2D eigenvalue weighted by Crippen LogP contribution is -2.09. The molecule has 8 heteroatoms. The van der Waals surface area contributed by atoms with Gasteiger partial charge in [-0.25, -0.2) is 4.98 Å². The third-order valence-electron chi connectivity index (χ3n) is 4.78. The summed E-state index contributed by atoms with van der Waals surface area (Å²) in [6.07, 6.45) is -4.43. The van der Waals surface area contributed by atoms with Gasteiger partial charge in [-0.15, -0.1) is 11.3 Å². The molecule has 0 atom stereocenters. The summed E-state index contributed by atoms with van der Waals surface area (Å²) in [6.45, 7) is 3.53. The van der Waals surface area contributed by atoms with E-state index in [0.717, 1.165) is 39.9 Å². The predicted molar refractivity (Wildman–Crippen MR) is 103 cm³/mol. The smallest absolute Gasteiger partial charge is 0.416 e. The fourth-order valence-corrected chi connectivity index (χ4v) is 4.56. The van der Waals surface area contributed by atoms with Crippen LogP contribution in [0.25, 0.3) is 31.7 Å². The van der Waals surface area contributed by atoms with E-state index in [9.17, 15) is 23.1 Å². The largest absolute Gasteiger partial charge is 0.480 e. The fourth-order valence-electron chi connectivity index (χ4n) is 3.51. The average molecular weight is 404 g/mol. The van der Waals surface area contributed by atoms with Crippen molar-refractivity contribution in [2.45, 2.75) is 26.6 Å². The Hall–Kier alpha value is -2.87. The molecular weight excluding hydrogens is 389 g/mol. The molecule has 0 aliphatic carbocycles. The molecule has 0 saturated heterocycles. The van der Waals surface area contributed by atoms with Crippen molar-refractivity contribution in [2.24, 2.45) is 0 Å². The second-order valence-corrected chi connectivity index (χ2v) is 7.64. The number of carbonyl (C=O) groups is 1. The Bertz CT molecular complexity index is 1240.